The number of benzene rings is 2. The predicted molar refractivity (Wildman–Crippen MR) is 130 cm³/mol. The zero-order valence-corrected chi connectivity index (χ0v) is 17.1. The summed E-state index contributed by atoms with van der Waals surface area (Å²) in [5.74, 6) is 1.01. The van der Waals surface area contributed by atoms with E-state index in [1.54, 1.807) is 12.1 Å². The molecule has 33 heavy (non-hydrogen) atoms. The highest BCUT2D eigenvalue weighted by atomic mass is 15.2. The summed E-state index contributed by atoms with van der Waals surface area (Å²) in [6, 6.07) is 7.37. The number of nitrogens with zero attached hydrogens (tertiary/aromatic N) is 5. The Labute approximate surface area is 184 Å². The van der Waals surface area contributed by atoms with E-state index in [4.69, 9.17) is 32.9 Å². The SMILES string of the molecule is Nc1cc(N)c2c(c1)Cc1c3[nH]c4cc(N)cc(N)c4c4nc5ncnc6nc-2c1c(c34)n65. The number of anilines is 4. The molecule has 1 aliphatic rings. The van der Waals surface area contributed by atoms with Crippen LogP contribution in [0.5, 0.6) is 0 Å². The molecule has 8 rings (SSSR count). The van der Waals surface area contributed by atoms with Gasteiger partial charge < -0.3 is 27.9 Å². The number of H-pyrrole nitrogens is 1. The molecule has 10 heteroatoms. The maximum Gasteiger partial charge on any atom is 0.239 e. The number of rotatable bonds is 0. The summed E-state index contributed by atoms with van der Waals surface area (Å²) < 4.78 is 1.91. The van der Waals surface area contributed by atoms with Crippen LogP contribution < -0.4 is 22.9 Å². The lowest BCUT2D eigenvalue weighted by atomic mass is 9.88. The van der Waals surface area contributed by atoms with Crippen LogP contribution in [0.1, 0.15) is 11.1 Å². The Morgan fingerprint density at radius 1 is 0.818 bits per heavy atom. The Kier molecular flexibility index (Phi) is 2.61. The van der Waals surface area contributed by atoms with Crippen LogP contribution in [-0.4, -0.2) is 29.3 Å². The summed E-state index contributed by atoms with van der Waals surface area (Å²) in [7, 11) is 0. The Morgan fingerprint density at radius 3 is 2.42 bits per heavy atom. The smallest absolute Gasteiger partial charge is 0.239 e. The van der Waals surface area contributed by atoms with Crippen LogP contribution in [0, 0.1) is 0 Å². The fraction of sp³-hybridized carbons (Fsp3) is 0.0435. The molecule has 4 heterocycles. The van der Waals surface area contributed by atoms with Gasteiger partial charge in [0.15, 0.2) is 0 Å². The number of nitrogens with one attached hydrogen (secondary N) is 1. The first-order valence-electron chi connectivity index (χ1n) is 10.5. The molecule has 7 aromatic rings. The highest BCUT2D eigenvalue weighted by molar-refractivity contribution is 6.29. The fourth-order valence-corrected chi connectivity index (χ4v) is 5.61. The van der Waals surface area contributed by atoms with Crippen molar-refractivity contribution in [2.45, 2.75) is 6.42 Å². The molecule has 3 aromatic carbocycles. The Balaban J connectivity index is 1.74. The molecular formula is C23H16N10. The second-order valence-electron chi connectivity index (χ2n) is 8.66. The van der Waals surface area contributed by atoms with Crippen LogP contribution >= 0.6 is 0 Å². The van der Waals surface area contributed by atoms with Gasteiger partial charge in [-0.2, -0.15) is 0 Å². The van der Waals surface area contributed by atoms with Crippen molar-refractivity contribution in [3.8, 4) is 11.3 Å². The van der Waals surface area contributed by atoms with Crippen molar-refractivity contribution >= 4 is 72.5 Å². The largest absolute Gasteiger partial charge is 0.399 e. The summed E-state index contributed by atoms with van der Waals surface area (Å²) >= 11 is 0. The standard InChI is InChI=1S/C23H16N10/c24-8-1-7-2-10-15-19(14(7)11(26)3-8)31-22-28-6-29-23-32-20-16-12(27)4-9(25)5-13(16)30-18(10)17(20)21(15)33(22)23/h1,3-6,30H,2,24-27H2. The molecule has 10 nitrogen and oxygen atoms in total. The number of aromatic nitrogens is 6. The van der Waals surface area contributed by atoms with Crippen molar-refractivity contribution in [3.05, 3.63) is 41.7 Å². The van der Waals surface area contributed by atoms with Crippen LogP contribution in [0.15, 0.2) is 30.6 Å². The lowest BCUT2D eigenvalue weighted by Crippen LogP contribution is -2.09. The molecule has 4 aromatic heterocycles. The minimum atomic E-state index is 0.504. The van der Waals surface area contributed by atoms with E-state index >= 15 is 0 Å². The van der Waals surface area contributed by atoms with Gasteiger partial charge in [-0.1, -0.05) is 0 Å². The van der Waals surface area contributed by atoms with Crippen molar-refractivity contribution in [1.29, 1.82) is 0 Å². The maximum atomic E-state index is 6.46. The number of aromatic amines is 1. The Morgan fingerprint density at radius 2 is 1.58 bits per heavy atom. The second kappa shape index (κ2) is 5.13. The summed E-state index contributed by atoms with van der Waals surface area (Å²) in [4.78, 5) is 22.3. The first-order valence-corrected chi connectivity index (χ1v) is 10.5. The van der Waals surface area contributed by atoms with E-state index in [0.717, 1.165) is 60.6 Å². The van der Waals surface area contributed by atoms with Gasteiger partial charge in [0.1, 0.15) is 6.33 Å². The zero-order valence-electron chi connectivity index (χ0n) is 17.1. The molecule has 0 saturated carbocycles. The van der Waals surface area contributed by atoms with Crippen LogP contribution in [-0.2, 0) is 6.42 Å². The quantitative estimate of drug-likeness (QED) is 0.138. The number of nitrogen functional groups attached to an aromatic ring is 4. The molecule has 0 bridgehead atoms. The fourth-order valence-electron chi connectivity index (χ4n) is 5.61. The van der Waals surface area contributed by atoms with Gasteiger partial charge in [0.25, 0.3) is 0 Å². The van der Waals surface area contributed by atoms with E-state index in [1.807, 2.05) is 16.5 Å². The molecule has 158 valence electrons. The van der Waals surface area contributed by atoms with Crippen molar-refractivity contribution < 1.29 is 0 Å². The Hall–Kier alpha value is -4.86. The predicted octanol–water partition coefficient (Wildman–Crippen LogP) is 2.80. The molecule has 0 aliphatic heterocycles. The van der Waals surface area contributed by atoms with Gasteiger partial charge in [-0.05, 0) is 35.4 Å². The third-order valence-electron chi connectivity index (χ3n) is 6.76. The molecular weight excluding hydrogens is 416 g/mol. The van der Waals surface area contributed by atoms with Crippen LogP contribution in [0.2, 0.25) is 0 Å². The number of fused-ring (bicyclic) bond motifs is 5. The van der Waals surface area contributed by atoms with E-state index in [0.29, 0.717) is 40.7 Å². The average molecular weight is 432 g/mol. The van der Waals surface area contributed by atoms with Crippen molar-refractivity contribution in [3.63, 3.8) is 0 Å². The van der Waals surface area contributed by atoms with Crippen LogP contribution in [0.3, 0.4) is 0 Å². The van der Waals surface area contributed by atoms with E-state index in [2.05, 4.69) is 15.0 Å². The van der Waals surface area contributed by atoms with E-state index in [-0.39, 0.29) is 0 Å². The summed E-state index contributed by atoms with van der Waals surface area (Å²) in [6.07, 6.45) is 2.12. The molecule has 0 atom stereocenters. The lowest BCUT2D eigenvalue weighted by Gasteiger charge is -2.20. The monoisotopic (exact) mass is 432 g/mol. The van der Waals surface area contributed by atoms with Gasteiger partial charge in [-0.15, -0.1) is 0 Å². The van der Waals surface area contributed by atoms with Gasteiger partial charge in [-0.3, -0.25) is 0 Å². The third-order valence-corrected chi connectivity index (χ3v) is 6.76. The summed E-state index contributed by atoms with van der Waals surface area (Å²) in [5, 5.41) is 2.79. The molecule has 9 N–H and O–H groups in total. The maximum absolute atomic E-state index is 6.46. The van der Waals surface area contributed by atoms with E-state index in [1.165, 1.54) is 6.33 Å². The molecule has 0 fully saturated rings. The van der Waals surface area contributed by atoms with Gasteiger partial charge in [0, 0.05) is 50.9 Å². The van der Waals surface area contributed by atoms with Crippen LogP contribution in [0.4, 0.5) is 22.7 Å². The number of hydrogen-bond acceptors (Lipinski definition) is 8. The van der Waals surface area contributed by atoms with E-state index < -0.39 is 0 Å². The number of hydrogen-bond donors (Lipinski definition) is 5. The topological polar surface area (TPSA) is 176 Å². The zero-order chi connectivity index (χ0) is 22.2. The lowest BCUT2D eigenvalue weighted by molar-refractivity contribution is 1.02. The van der Waals surface area contributed by atoms with Crippen molar-refractivity contribution in [2.24, 2.45) is 0 Å². The minimum Gasteiger partial charge on any atom is -0.399 e. The molecule has 0 radical (unpaired) electrons. The van der Waals surface area contributed by atoms with Gasteiger partial charge >= 0.3 is 0 Å². The molecule has 0 unspecified atom stereocenters. The average Bonchev–Trinajstić information content (AvgIpc) is 3.08. The molecule has 0 saturated heterocycles. The first-order chi connectivity index (χ1) is 16.0. The van der Waals surface area contributed by atoms with Gasteiger partial charge in [0.05, 0.1) is 27.8 Å². The normalized spacial score (nSPS) is 13.2. The number of nitrogens with two attached hydrogens (primary N) is 4. The minimum absolute atomic E-state index is 0.504. The van der Waals surface area contributed by atoms with Crippen molar-refractivity contribution in [2.75, 3.05) is 22.9 Å². The van der Waals surface area contributed by atoms with Crippen LogP contribution in [0.25, 0.3) is 61.0 Å². The van der Waals surface area contributed by atoms with Gasteiger partial charge in [0.2, 0.25) is 11.6 Å². The summed E-state index contributed by atoms with van der Waals surface area (Å²) in [5.41, 5.74) is 34.8. The van der Waals surface area contributed by atoms with Gasteiger partial charge in [-0.25, -0.2) is 24.3 Å². The van der Waals surface area contributed by atoms with E-state index in [9.17, 15) is 0 Å². The second-order valence-corrected chi connectivity index (χ2v) is 8.66. The highest BCUT2D eigenvalue weighted by Gasteiger charge is 2.31. The molecule has 0 spiro atoms. The number of pyridine rings is 1. The summed E-state index contributed by atoms with van der Waals surface area (Å²) in [6.45, 7) is 0. The Bertz CT molecular complexity index is 1990. The highest BCUT2D eigenvalue weighted by Crippen LogP contribution is 2.49. The third kappa shape index (κ3) is 1.82. The molecule has 0 amide bonds. The molecule has 1 aliphatic carbocycles. The first kappa shape index (κ1) is 16.8. The van der Waals surface area contributed by atoms with Crippen molar-refractivity contribution in [1.82, 2.24) is 29.3 Å².